The molecule has 0 atom stereocenters. The lowest BCUT2D eigenvalue weighted by molar-refractivity contribution is 0.471. The number of hydrogen-bond donors (Lipinski definition) is 1. The monoisotopic (exact) mass is 212 g/mol. The quantitative estimate of drug-likeness (QED) is 0.758. The summed E-state index contributed by atoms with van der Waals surface area (Å²) in [5.74, 6) is 0.365. The van der Waals surface area contributed by atoms with Crippen LogP contribution in [0.4, 0.5) is 0 Å². The Morgan fingerprint density at radius 3 is 2.19 bits per heavy atom. The molecule has 0 aromatic heterocycles. The van der Waals surface area contributed by atoms with Gasteiger partial charge in [0.15, 0.2) is 0 Å². The Kier molecular flexibility index (Phi) is 2.69. The van der Waals surface area contributed by atoms with Gasteiger partial charge >= 0.3 is 0 Å². The molecular formula is C15H16O. The van der Waals surface area contributed by atoms with Crippen molar-refractivity contribution in [1.29, 1.82) is 0 Å². The maximum absolute atomic E-state index is 9.78. The molecule has 0 aliphatic heterocycles. The number of phenolic OH excluding ortho intramolecular Hbond substituents is 1. The van der Waals surface area contributed by atoms with Crippen LogP contribution in [0.3, 0.4) is 0 Å². The lowest BCUT2D eigenvalue weighted by Gasteiger charge is -2.13. The summed E-state index contributed by atoms with van der Waals surface area (Å²) in [5.41, 5.74) is 5.74. The molecule has 0 aliphatic carbocycles. The number of benzene rings is 2. The summed E-state index contributed by atoms with van der Waals surface area (Å²) in [6.45, 7) is 6.14. The molecule has 0 bridgehead atoms. The largest absolute Gasteiger partial charge is 0.508 e. The van der Waals surface area contributed by atoms with E-state index >= 15 is 0 Å². The van der Waals surface area contributed by atoms with E-state index in [1.165, 1.54) is 16.7 Å². The van der Waals surface area contributed by atoms with E-state index < -0.39 is 0 Å². The molecule has 1 nitrogen and oxygen atoms in total. The molecule has 82 valence electrons. The van der Waals surface area contributed by atoms with Crippen molar-refractivity contribution in [2.45, 2.75) is 20.8 Å². The Hall–Kier alpha value is -1.76. The summed E-state index contributed by atoms with van der Waals surface area (Å²) in [6.07, 6.45) is 0. The van der Waals surface area contributed by atoms with Gasteiger partial charge in [-0.2, -0.15) is 0 Å². The summed E-state index contributed by atoms with van der Waals surface area (Å²) >= 11 is 0. The molecular weight excluding hydrogens is 196 g/mol. The Bertz CT molecular complexity index is 527. The first-order chi connectivity index (χ1) is 7.61. The van der Waals surface area contributed by atoms with Gasteiger partial charge in [0.2, 0.25) is 0 Å². The second-order valence-corrected chi connectivity index (χ2v) is 4.22. The van der Waals surface area contributed by atoms with Crippen LogP contribution < -0.4 is 0 Å². The maximum Gasteiger partial charge on any atom is 0.119 e. The average molecular weight is 212 g/mol. The number of rotatable bonds is 1. The van der Waals surface area contributed by atoms with Gasteiger partial charge < -0.3 is 5.11 Å². The van der Waals surface area contributed by atoms with Gasteiger partial charge in [-0.3, -0.25) is 0 Å². The van der Waals surface area contributed by atoms with Crippen LogP contribution in [0.2, 0.25) is 0 Å². The van der Waals surface area contributed by atoms with E-state index in [0.717, 1.165) is 11.1 Å². The van der Waals surface area contributed by atoms with Gasteiger partial charge in [-0.1, -0.05) is 30.3 Å². The number of aromatic hydroxyl groups is 1. The molecule has 2 aromatic rings. The highest BCUT2D eigenvalue weighted by molar-refractivity contribution is 5.75. The maximum atomic E-state index is 9.78. The normalized spacial score (nSPS) is 10.4. The predicted octanol–water partition coefficient (Wildman–Crippen LogP) is 3.98. The van der Waals surface area contributed by atoms with E-state index in [1.807, 2.05) is 25.1 Å². The molecule has 2 aromatic carbocycles. The fourth-order valence-electron chi connectivity index (χ4n) is 2.10. The predicted molar refractivity (Wildman–Crippen MR) is 67.8 cm³/mol. The molecule has 0 aliphatic rings. The van der Waals surface area contributed by atoms with Gasteiger partial charge in [0.25, 0.3) is 0 Å². The lowest BCUT2D eigenvalue weighted by Crippen LogP contribution is -1.91. The van der Waals surface area contributed by atoms with Crippen molar-refractivity contribution < 1.29 is 5.11 Å². The highest BCUT2D eigenvalue weighted by atomic mass is 16.3. The van der Waals surface area contributed by atoms with Crippen molar-refractivity contribution in [2.24, 2.45) is 0 Å². The molecule has 1 heteroatoms. The van der Waals surface area contributed by atoms with Gasteiger partial charge in [-0.15, -0.1) is 0 Å². The third-order valence-corrected chi connectivity index (χ3v) is 3.06. The van der Waals surface area contributed by atoms with E-state index in [2.05, 4.69) is 26.0 Å². The van der Waals surface area contributed by atoms with Crippen LogP contribution in [-0.4, -0.2) is 5.11 Å². The van der Waals surface area contributed by atoms with Crippen molar-refractivity contribution in [3.05, 3.63) is 53.1 Å². The van der Waals surface area contributed by atoms with Gasteiger partial charge in [0, 0.05) is 0 Å². The second kappa shape index (κ2) is 4.01. The zero-order valence-electron chi connectivity index (χ0n) is 9.91. The molecule has 0 saturated heterocycles. The summed E-state index contributed by atoms with van der Waals surface area (Å²) in [6, 6.07) is 12.0. The summed E-state index contributed by atoms with van der Waals surface area (Å²) in [7, 11) is 0. The van der Waals surface area contributed by atoms with Crippen molar-refractivity contribution in [3.63, 3.8) is 0 Å². The van der Waals surface area contributed by atoms with Crippen molar-refractivity contribution in [2.75, 3.05) is 0 Å². The van der Waals surface area contributed by atoms with Crippen LogP contribution in [0.25, 0.3) is 11.1 Å². The zero-order chi connectivity index (χ0) is 11.7. The molecule has 16 heavy (non-hydrogen) atoms. The highest BCUT2D eigenvalue weighted by Gasteiger charge is 2.10. The minimum absolute atomic E-state index is 0.365. The molecule has 2 rings (SSSR count). The third kappa shape index (κ3) is 1.69. The standard InChI is InChI=1S/C15H16O/c1-10-6-4-5-7-13(10)15-11(2)8-9-14(16)12(15)3/h4-9,16H,1-3H3. The topological polar surface area (TPSA) is 20.2 Å². The van der Waals surface area contributed by atoms with E-state index in [-0.39, 0.29) is 0 Å². The summed E-state index contributed by atoms with van der Waals surface area (Å²) in [5, 5.41) is 9.78. The fraction of sp³-hybridized carbons (Fsp3) is 0.200. The Morgan fingerprint density at radius 2 is 1.50 bits per heavy atom. The number of phenols is 1. The minimum Gasteiger partial charge on any atom is -0.508 e. The number of hydrogen-bond acceptors (Lipinski definition) is 1. The molecule has 0 fully saturated rings. The van der Waals surface area contributed by atoms with E-state index in [1.54, 1.807) is 6.07 Å². The third-order valence-electron chi connectivity index (χ3n) is 3.06. The first kappa shape index (κ1) is 10.7. The van der Waals surface area contributed by atoms with Crippen LogP contribution in [-0.2, 0) is 0 Å². The number of aryl methyl sites for hydroxylation is 2. The first-order valence-corrected chi connectivity index (χ1v) is 5.46. The van der Waals surface area contributed by atoms with Crippen LogP contribution in [0.5, 0.6) is 5.75 Å². The van der Waals surface area contributed by atoms with E-state index in [0.29, 0.717) is 5.75 Å². The molecule has 1 N–H and O–H groups in total. The molecule has 0 amide bonds. The van der Waals surface area contributed by atoms with Crippen molar-refractivity contribution in [1.82, 2.24) is 0 Å². The van der Waals surface area contributed by atoms with Gasteiger partial charge in [-0.05, 0) is 54.7 Å². The fourth-order valence-corrected chi connectivity index (χ4v) is 2.10. The van der Waals surface area contributed by atoms with Gasteiger partial charge in [0.1, 0.15) is 5.75 Å². The average Bonchev–Trinajstić information content (AvgIpc) is 2.27. The molecule has 0 spiro atoms. The van der Waals surface area contributed by atoms with Crippen LogP contribution in [0, 0.1) is 20.8 Å². The first-order valence-electron chi connectivity index (χ1n) is 5.46. The van der Waals surface area contributed by atoms with Crippen molar-refractivity contribution >= 4 is 0 Å². The molecule has 0 saturated carbocycles. The smallest absolute Gasteiger partial charge is 0.119 e. The van der Waals surface area contributed by atoms with Gasteiger partial charge in [-0.25, -0.2) is 0 Å². The summed E-state index contributed by atoms with van der Waals surface area (Å²) < 4.78 is 0. The second-order valence-electron chi connectivity index (χ2n) is 4.22. The highest BCUT2D eigenvalue weighted by Crippen LogP contribution is 2.33. The van der Waals surface area contributed by atoms with Gasteiger partial charge in [0.05, 0.1) is 0 Å². The molecule has 0 heterocycles. The minimum atomic E-state index is 0.365. The van der Waals surface area contributed by atoms with Crippen LogP contribution in [0.15, 0.2) is 36.4 Å². The Balaban J connectivity index is 2.74. The molecule has 0 unspecified atom stereocenters. The SMILES string of the molecule is Cc1ccccc1-c1c(C)ccc(O)c1C. The lowest BCUT2D eigenvalue weighted by atomic mass is 9.92. The zero-order valence-corrected chi connectivity index (χ0v) is 9.91. The van der Waals surface area contributed by atoms with Crippen LogP contribution in [0.1, 0.15) is 16.7 Å². The van der Waals surface area contributed by atoms with E-state index in [4.69, 9.17) is 0 Å². The Morgan fingerprint density at radius 1 is 0.812 bits per heavy atom. The van der Waals surface area contributed by atoms with Crippen molar-refractivity contribution in [3.8, 4) is 16.9 Å². The summed E-state index contributed by atoms with van der Waals surface area (Å²) in [4.78, 5) is 0. The van der Waals surface area contributed by atoms with E-state index in [9.17, 15) is 5.11 Å². The Labute approximate surface area is 96.4 Å². The van der Waals surface area contributed by atoms with Crippen LogP contribution >= 0.6 is 0 Å². The molecule has 0 radical (unpaired) electrons.